The summed E-state index contributed by atoms with van der Waals surface area (Å²) in [6.45, 7) is 0.0467. The number of aliphatic hydroxyl groups is 1. The third-order valence-electron chi connectivity index (χ3n) is 3.22. The third kappa shape index (κ3) is 3.06. The summed E-state index contributed by atoms with van der Waals surface area (Å²) in [5, 5.41) is 10.4. The molecular formula is C15H14BrF2NO. The van der Waals surface area contributed by atoms with E-state index in [0.29, 0.717) is 15.6 Å². The molecule has 0 bridgehead atoms. The summed E-state index contributed by atoms with van der Waals surface area (Å²) in [4.78, 5) is 0. The van der Waals surface area contributed by atoms with Crippen LogP contribution in [0.1, 0.15) is 23.1 Å². The third-order valence-corrected chi connectivity index (χ3v) is 3.94. The minimum absolute atomic E-state index is 0.0467. The Morgan fingerprint density at radius 2 is 1.80 bits per heavy atom. The zero-order chi connectivity index (χ0) is 14.7. The van der Waals surface area contributed by atoms with Gasteiger partial charge in [0.05, 0.1) is 6.10 Å². The molecule has 0 aromatic heterocycles. The lowest BCUT2D eigenvalue weighted by Gasteiger charge is -2.23. The Bertz CT molecular complexity index is 606. The summed E-state index contributed by atoms with van der Waals surface area (Å²) < 4.78 is 27.7. The van der Waals surface area contributed by atoms with E-state index < -0.39 is 23.7 Å². The summed E-state index contributed by atoms with van der Waals surface area (Å²) in [6, 6.07) is 10.1. The smallest absolute Gasteiger partial charge is 0.126 e. The van der Waals surface area contributed by atoms with Crippen LogP contribution in [0, 0.1) is 11.6 Å². The topological polar surface area (TPSA) is 46.2 Å². The van der Waals surface area contributed by atoms with Crippen molar-refractivity contribution in [3.8, 4) is 0 Å². The predicted molar refractivity (Wildman–Crippen MR) is 77.3 cm³/mol. The Morgan fingerprint density at radius 3 is 2.45 bits per heavy atom. The quantitative estimate of drug-likeness (QED) is 0.893. The fraction of sp³-hybridized carbons (Fsp3) is 0.200. The Hall–Kier alpha value is -1.30. The number of nitrogens with two attached hydrogens (primary N) is 1. The molecule has 106 valence electrons. The summed E-state index contributed by atoms with van der Waals surface area (Å²) in [7, 11) is 0. The first kappa shape index (κ1) is 15.1. The number of benzene rings is 2. The Kier molecular flexibility index (Phi) is 4.86. The van der Waals surface area contributed by atoms with E-state index in [2.05, 4.69) is 15.9 Å². The molecule has 2 rings (SSSR count). The molecule has 0 fully saturated rings. The van der Waals surface area contributed by atoms with E-state index in [0.717, 1.165) is 0 Å². The second kappa shape index (κ2) is 6.43. The van der Waals surface area contributed by atoms with E-state index in [1.807, 2.05) is 0 Å². The fourth-order valence-electron chi connectivity index (χ4n) is 2.16. The predicted octanol–water partition coefficient (Wildman–Crippen LogP) is 3.50. The molecule has 0 aliphatic rings. The standard InChI is InChI=1S/C15H14BrF2NO/c16-13-6-5-9(17)7-11(13)15(20)12(8-19)10-3-1-2-4-14(10)18/h1-7,12,15,20H,8,19H2. The van der Waals surface area contributed by atoms with E-state index >= 15 is 0 Å². The van der Waals surface area contributed by atoms with Crippen molar-refractivity contribution in [2.45, 2.75) is 12.0 Å². The van der Waals surface area contributed by atoms with Gasteiger partial charge >= 0.3 is 0 Å². The molecule has 0 amide bonds. The number of hydrogen-bond acceptors (Lipinski definition) is 2. The average Bonchev–Trinajstić information content (AvgIpc) is 2.44. The maximum Gasteiger partial charge on any atom is 0.126 e. The number of aliphatic hydroxyl groups excluding tert-OH is 1. The van der Waals surface area contributed by atoms with Crippen LogP contribution in [0.5, 0.6) is 0 Å². The van der Waals surface area contributed by atoms with Crippen molar-refractivity contribution in [3.63, 3.8) is 0 Å². The highest BCUT2D eigenvalue weighted by molar-refractivity contribution is 9.10. The molecule has 0 aliphatic carbocycles. The molecule has 0 saturated carbocycles. The second-order valence-electron chi connectivity index (χ2n) is 4.47. The second-order valence-corrected chi connectivity index (χ2v) is 5.33. The average molecular weight is 342 g/mol. The van der Waals surface area contributed by atoms with Crippen molar-refractivity contribution in [2.24, 2.45) is 5.73 Å². The first-order valence-corrected chi connectivity index (χ1v) is 6.91. The van der Waals surface area contributed by atoms with E-state index in [9.17, 15) is 13.9 Å². The molecule has 2 aromatic rings. The van der Waals surface area contributed by atoms with Gasteiger partial charge in [-0.3, -0.25) is 0 Å². The zero-order valence-electron chi connectivity index (χ0n) is 10.6. The highest BCUT2D eigenvalue weighted by atomic mass is 79.9. The molecule has 0 saturated heterocycles. The highest BCUT2D eigenvalue weighted by Crippen LogP contribution is 2.35. The van der Waals surface area contributed by atoms with Crippen LogP contribution < -0.4 is 5.73 Å². The fourth-order valence-corrected chi connectivity index (χ4v) is 2.64. The van der Waals surface area contributed by atoms with Gasteiger partial charge in [0.1, 0.15) is 11.6 Å². The number of hydrogen-bond donors (Lipinski definition) is 2. The zero-order valence-corrected chi connectivity index (χ0v) is 12.1. The minimum atomic E-state index is -1.10. The number of rotatable bonds is 4. The van der Waals surface area contributed by atoms with Crippen LogP contribution >= 0.6 is 15.9 Å². The van der Waals surface area contributed by atoms with E-state index in [4.69, 9.17) is 5.73 Å². The Labute approximate surface area is 124 Å². The van der Waals surface area contributed by atoms with Gasteiger partial charge in [0.2, 0.25) is 0 Å². The lowest BCUT2D eigenvalue weighted by molar-refractivity contribution is 0.144. The normalized spacial score (nSPS) is 14.1. The largest absolute Gasteiger partial charge is 0.388 e. The van der Waals surface area contributed by atoms with Crippen molar-refractivity contribution in [3.05, 3.63) is 69.7 Å². The molecule has 0 aliphatic heterocycles. The van der Waals surface area contributed by atoms with Crippen molar-refractivity contribution in [2.75, 3.05) is 6.54 Å². The van der Waals surface area contributed by atoms with Gasteiger partial charge in [-0.25, -0.2) is 8.78 Å². The molecule has 0 heterocycles. The number of halogens is 3. The van der Waals surface area contributed by atoms with Gasteiger partial charge in [-0.2, -0.15) is 0 Å². The van der Waals surface area contributed by atoms with E-state index in [1.54, 1.807) is 18.2 Å². The highest BCUT2D eigenvalue weighted by Gasteiger charge is 2.25. The van der Waals surface area contributed by atoms with Crippen molar-refractivity contribution in [1.29, 1.82) is 0 Å². The minimum Gasteiger partial charge on any atom is -0.388 e. The SMILES string of the molecule is NCC(c1ccccc1F)C(O)c1cc(F)ccc1Br. The summed E-state index contributed by atoms with van der Waals surface area (Å²) in [5.74, 6) is -1.55. The van der Waals surface area contributed by atoms with Crippen molar-refractivity contribution < 1.29 is 13.9 Å². The summed E-state index contributed by atoms with van der Waals surface area (Å²) in [5.41, 5.74) is 6.33. The summed E-state index contributed by atoms with van der Waals surface area (Å²) in [6.07, 6.45) is -1.10. The summed E-state index contributed by atoms with van der Waals surface area (Å²) >= 11 is 3.26. The van der Waals surface area contributed by atoms with E-state index in [1.165, 1.54) is 24.3 Å². The lowest BCUT2D eigenvalue weighted by atomic mass is 9.89. The molecule has 2 nitrogen and oxygen atoms in total. The molecular weight excluding hydrogens is 328 g/mol. The first-order chi connectivity index (χ1) is 9.54. The van der Waals surface area contributed by atoms with Crippen LogP contribution in [-0.2, 0) is 0 Å². The molecule has 2 aromatic carbocycles. The van der Waals surface area contributed by atoms with Crippen LogP contribution in [-0.4, -0.2) is 11.7 Å². The van der Waals surface area contributed by atoms with Crippen molar-refractivity contribution in [1.82, 2.24) is 0 Å². The van der Waals surface area contributed by atoms with Crippen LogP contribution in [0.2, 0.25) is 0 Å². The molecule has 20 heavy (non-hydrogen) atoms. The van der Waals surface area contributed by atoms with Crippen LogP contribution in [0.4, 0.5) is 8.78 Å². The van der Waals surface area contributed by atoms with Gasteiger partial charge in [0, 0.05) is 16.9 Å². The van der Waals surface area contributed by atoms with Gasteiger partial charge < -0.3 is 10.8 Å². The van der Waals surface area contributed by atoms with Gasteiger partial charge in [-0.05, 0) is 35.4 Å². The molecule has 2 atom stereocenters. The van der Waals surface area contributed by atoms with Crippen LogP contribution in [0.25, 0.3) is 0 Å². The van der Waals surface area contributed by atoms with Gasteiger partial charge in [-0.1, -0.05) is 34.1 Å². The first-order valence-electron chi connectivity index (χ1n) is 6.12. The monoisotopic (exact) mass is 341 g/mol. The maximum absolute atomic E-state index is 13.8. The molecule has 3 N–H and O–H groups in total. The molecule has 0 spiro atoms. The Balaban J connectivity index is 2.41. The Morgan fingerprint density at radius 1 is 1.10 bits per heavy atom. The molecule has 0 radical (unpaired) electrons. The maximum atomic E-state index is 13.8. The molecule has 5 heteroatoms. The van der Waals surface area contributed by atoms with E-state index in [-0.39, 0.29) is 6.54 Å². The molecule has 2 unspecified atom stereocenters. The van der Waals surface area contributed by atoms with Gasteiger partial charge in [0.25, 0.3) is 0 Å². The lowest BCUT2D eigenvalue weighted by Crippen LogP contribution is -2.21. The van der Waals surface area contributed by atoms with Gasteiger partial charge in [0.15, 0.2) is 0 Å². The van der Waals surface area contributed by atoms with Crippen molar-refractivity contribution >= 4 is 15.9 Å². The van der Waals surface area contributed by atoms with Crippen LogP contribution in [0.3, 0.4) is 0 Å². The van der Waals surface area contributed by atoms with Gasteiger partial charge in [-0.15, -0.1) is 0 Å². The van der Waals surface area contributed by atoms with Crippen LogP contribution in [0.15, 0.2) is 46.9 Å².